The van der Waals surface area contributed by atoms with E-state index in [4.69, 9.17) is 28.4 Å². The van der Waals surface area contributed by atoms with E-state index in [-0.39, 0.29) is 34.4 Å². The van der Waals surface area contributed by atoms with Gasteiger partial charge in [-0.3, -0.25) is 0 Å². The zero-order valence-corrected chi connectivity index (χ0v) is 18.5. The largest absolute Gasteiger partial charge is 0.497 e. The van der Waals surface area contributed by atoms with Gasteiger partial charge in [0.05, 0.1) is 23.7 Å². The lowest BCUT2D eigenvalue weighted by molar-refractivity contribution is -0.203. The third kappa shape index (κ3) is 3.86. The number of hydrogen-bond donors (Lipinski definition) is 0. The van der Waals surface area contributed by atoms with Crippen molar-refractivity contribution in [2.24, 2.45) is 0 Å². The third-order valence-corrected chi connectivity index (χ3v) is 6.60. The molecular formula is C20H27IO6. The molecule has 3 saturated heterocycles. The van der Waals surface area contributed by atoms with Gasteiger partial charge < -0.3 is 28.4 Å². The molecule has 1 aromatic carbocycles. The van der Waals surface area contributed by atoms with Crippen LogP contribution in [0.2, 0.25) is 0 Å². The van der Waals surface area contributed by atoms with Gasteiger partial charge in [-0.1, -0.05) is 34.7 Å². The highest BCUT2D eigenvalue weighted by Gasteiger charge is 2.58. The maximum atomic E-state index is 6.58. The molecule has 6 nitrogen and oxygen atoms in total. The smallest absolute Gasteiger partial charge is 0.163 e. The molecule has 3 aliphatic heterocycles. The Morgan fingerprint density at radius 1 is 0.926 bits per heavy atom. The van der Waals surface area contributed by atoms with Crippen LogP contribution < -0.4 is 4.74 Å². The SMILES string of the molecule is COc1ccc([C@H]2O[C@H]([C@H]3COC(C)(C)O3)[C@@H]3OC(C)(C)O[C@@H]3[C@@H]2I)cc1. The Morgan fingerprint density at radius 3 is 2.19 bits per heavy atom. The van der Waals surface area contributed by atoms with Gasteiger partial charge in [-0.15, -0.1) is 0 Å². The van der Waals surface area contributed by atoms with Crippen molar-refractivity contribution in [1.82, 2.24) is 0 Å². The molecule has 0 bridgehead atoms. The van der Waals surface area contributed by atoms with Gasteiger partial charge >= 0.3 is 0 Å². The Bertz CT molecular complexity index is 676. The molecule has 0 saturated carbocycles. The van der Waals surface area contributed by atoms with E-state index in [0.29, 0.717) is 6.61 Å². The lowest BCUT2D eigenvalue weighted by atomic mass is 9.91. The molecule has 6 atom stereocenters. The molecule has 1 aromatic rings. The van der Waals surface area contributed by atoms with Crippen molar-refractivity contribution in [3.8, 4) is 5.75 Å². The average molecular weight is 490 g/mol. The first kappa shape index (κ1) is 19.8. The van der Waals surface area contributed by atoms with Crippen LogP contribution in [0.1, 0.15) is 39.4 Å². The summed E-state index contributed by atoms with van der Waals surface area (Å²) in [6.45, 7) is 8.22. The number of ether oxygens (including phenoxy) is 6. The first-order valence-electron chi connectivity index (χ1n) is 9.30. The van der Waals surface area contributed by atoms with E-state index in [0.717, 1.165) is 11.3 Å². The zero-order chi connectivity index (χ0) is 19.4. The van der Waals surface area contributed by atoms with E-state index in [1.54, 1.807) is 7.11 Å². The summed E-state index contributed by atoms with van der Waals surface area (Å²) in [7, 11) is 1.67. The van der Waals surface area contributed by atoms with E-state index in [2.05, 4.69) is 22.6 Å². The van der Waals surface area contributed by atoms with Crippen molar-refractivity contribution in [2.45, 2.75) is 73.7 Å². The van der Waals surface area contributed by atoms with Crippen LogP contribution in [-0.4, -0.2) is 53.6 Å². The number of benzene rings is 1. The van der Waals surface area contributed by atoms with Crippen molar-refractivity contribution in [3.05, 3.63) is 29.8 Å². The molecule has 0 aromatic heterocycles. The molecular weight excluding hydrogens is 463 g/mol. The molecule has 3 heterocycles. The summed E-state index contributed by atoms with van der Waals surface area (Å²) in [4.78, 5) is 0. The number of alkyl halides is 1. The summed E-state index contributed by atoms with van der Waals surface area (Å²) < 4.78 is 36.4. The normalized spacial score (nSPS) is 39.9. The first-order valence-corrected chi connectivity index (χ1v) is 10.5. The minimum absolute atomic E-state index is 0.0845. The second-order valence-corrected chi connectivity index (χ2v) is 9.61. The Morgan fingerprint density at radius 2 is 1.59 bits per heavy atom. The molecule has 4 rings (SSSR count). The van der Waals surface area contributed by atoms with Crippen molar-refractivity contribution in [1.29, 1.82) is 0 Å². The van der Waals surface area contributed by atoms with Gasteiger partial charge in [0.2, 0.25) is 0 Å². The number of hydrogen-bond acceptors (Lipinski definition) is 6. The second-order valence-electron chi connectivity index (χ2n) is 8.17. The first-order chi connectivity index (χ1) is 12.7. The quantitative estimate of drug-likeness (QED) is 0.477. The van der Waals surface area contributed by atoms with E-state index in [9.17, 15) is 0 Å². The van der Waals surface area contributed by atoms with Gasteiger partial charge in [-0.05, 0) is 45.4 Å². The molecule has 0 radical (unpaired) electrons. The summed E-state index contributed by atoms with van der Waals surface area (Å²) in [6.07, 6.45) is -0.878. The van der Waals surface area contributed by atoms with E-state index in [1.165, 1.54) is 0 Å². The minimum Gasteiger partial charge on any atom is -0.497 e. The van der Waals surface area contributed by atoms with Gasteiger partial charge in [-0.25, -0.2) is 0 Å². The molecule has 3 fully saturated rings. The summed E-state index contributed by atoms with van der Waals surface area (Å²) in [5.41, 5.74) is 1.09. The van der Waals surface area contributed by atoms with Crippen LogP contribution in [0.4, 0.5) is 0 Å². The van der Waals surface area contributed by atoms with Crippen LogP contribution in [0.3, 0.4) is 0 Å². The molecule has 0 aliphatic carbocycles. The van der Waals surface area contributed by atoms with Gasteiger partial charge in [-0.2, -0.15) is 0 Å². The second kappa shape index (κ2) is 7.11. The molecule has 150 valence electrons. The minimum atomic E-state index is -0.649. The summed E-state index contributed by atoms with van der Waals surface area (Å²) in [6, 6.07) is 8.00. The van der Waals surface area contributed by atoms with Crippen molar-refractivity contribution in [3.63, 3.8) is 0 Å². The Hall–Kier alpha value is -0.450. The van der Waals surface area contributed by atoms with Crippen LogP contribution in [0.5, 0.6) is 5.75 Å². The number of methoxy groups -OCH3 is 1. The van der Waals surface area contributed by atoms with Crippen LogP contribution in [0, 0.1) is 0 Å². The fourth-order valence-corrected chi connectivity index (χ4v) is 5.18. The fourth-order valence-electron chi connectivity index (χ4n) is 4.04. The van der Waals surface area contributed by atoms with Gasteiger partial charge in [0.25, 0.3) is 0 Å². The topological polar surface area (TPSA) is 55.4 Å². The zero-order valence-electron chi connectivity index (χ0n) is 16.3. The summed E-state index contributed by atoms with van der Waals surface area (Å²) in [5, 5.41) is 0. The lowest BCUT2D eigenvalue weighted by Crippen LogP contribution is -2.55. The van der Waals surface area contributed by atoms with E-state index in [1.807, 2.05) is 52.0 Å². The maximum Gasteiger partial charge on any atom is 0.163 e. The van der Waals surface area contributed by atoms with Crippen LogP contribution in [0.25, 0.3) is 0 Å². The third-order valence-electron chi connectivity index (χ3n) is 5.24. The van der Waals surface area contributed by atoms with Crippen LogP contribution >= 0.6 is 22.6 Å². The number of halogens is 1. The van der Waals surface area contributed by atoms with Gasteiger partial charge in [0.15, 0.2) is 11.6 Å². The van der Waals surface area contributed by atoms with E-state index < -0.39 is 11.6 Å². The van der Waals surface area contributed by atoms with Crippen LogP contribution in [-0.2, 0) is 23.7 Å². The fraction of sp³-hybridized carbons (Fsp3) is 0.700. The highest BCUT2D eigenvalue weighted by molar-refractivity contribution is 14.1. The summed E-state index contributed by atoms with van der Waals surface area (Å²) >= 11 is 2.42. The van der Waals surface area contributed by atoms with Crippen molar-refractivity contribution in [2.75, 3.05) is 13.7 Å². The van der Waals surface area contributed by atoms with Crippen molar-refractivity contribution < 1.29 is 28.4 Å². The molecule has 3 aliphatic rings. The Labute approximate surface area is 173 Å². The standard InChI is InChI=1S/C20H27IO6/c1-19(2)23-10-13(25-19)16-18-17(26-20(3,4)27-18)14(21)15(24-16)11-6-8-12(22-5)9-7-11/h6-9,13-18H,10H2,1-5H3/t13-,14-,15-,16-,17-,18+/m1/s1. The lowest BCUT2D eigenvalue weighted by Gasteiger charge is -2.42. The highest BCUT2D eigenvalue weighted by Crippen LogP contribution is 2.47. The Balaban J connectivity index is 1.63. The average Bonchev–Trinajstić information content (AvgIpc) is 3.14. The van der Waals surface area contributed by atoms with E-state index >= 15 is 0 Å². The molecule has 0 N–H and O–H groups in total. The molecule has 0 amide bonds. The monoisotopic (exact) mass is 490 g/mol. The van der Waals surface area contributed by atoms with Gasteiger partial charge in [0.1, 0.15) is 30.2 Å². The Kier molecular flexibility index (Phi) is 5.22. The molecule has 0 unspecified atom stereocenters. The maximum absolute atomic E-state index is 6.58. The predicted octanol–water partition coefficient (Wildman–Crippen LogP) is 3.61. The molecule has 27 heavy (non-hydrogen) atoms. The van der Waals surface area contributed by atoms with Crippen molar-refractivity contribution >= 4 is 22.6 Å². The summed E-state index contributed by atoms with van der Waals surface area (Å²) in [5.74, 6) is -0.441. The number of rotatable bonds is 3. The van der Waals surface area contributed by atoms with Crippen LogP contribution in [0.15, 0.2) is 24.3 Å². The molecule has 7 heteroatoms. The predicted molar refractivity (Wildman–Crippen MR) is 107 cm³/mol. The number of fused-ring (bicyclic) bond motifs is 1. The highest BCUT2D eigenvalue weighted by atomic mass is 127. The molecule has 0 spiro atoms. The van der Waals surface area contributed by atoms with Gasteiger partial charge in [0, 0.05) is 0 Å².